The van der Waals surface area contributed by atoms with Crippen molar-refractivity contribution in [3.63, 3.8) is 0 Å². The molecule has 4 rings (SSSR count). The molecule has 0 aliphatic heterocycles. The molecule has 4 aliphatic rings. The summed E-state index contributed by atoms with van der Waals surface area (Å²) < 4.78 is 0. The minimum Gasteiger partial charge on any atom is -0.393 e. The largest absolute Gasteiger partial charge is 0.393 e. The van der Waals surface area contributed by atoms with Gasteiger partial charge in [-0.1, -0.05) is 25.5 Å². The number of aliphatic hydroxyl groups excluding tert-OH is 1. The van der Waals surface area contributed by atoms with Gasteiger partial charge in [-0.2, -0.15) is 0 Å². The Morgan fingerprint density at radius 2 is 1.86 bits per heavy atom. The smallest absolute Gasteiger partial charge is 0.156 e. The van der Waals surface area contributed by atoms with E-state index in [4.69, 9.17) is 0 Å². The second-order valence-corrected chi connectivity index (χ2v) is 8.75. The zero-order chi connectivity index (χ0) is 15.7. The Morgan fingerprint density at radius 1 is 1.09 bits per heavy atom. The Kier molecular flexibility index (Phi) is 3.05. The van der Waals surface area contributed by atoms with Crippen LogP contribution in [-0.4, -0.2) is 17.0 Å². The summed E-state index contributed by atoms with van der Waals surface area (Å²) >= 11 is 0. The molecule has 2 saturated carbocycles. The van der Waals surface area contributed by atoms with Crippen LogP contribution >= 0.6 is 0 Å². The van der Waals surface area contributed by atoms with Gasteiger partial charge in [-0.25, -0.2) is 0 Å². The molecule has 0 bridgehead atoms. The third kappa shape index (κ3) is 1.73. The Morgan fingerprint density at radius 3 is 2.64 bits per heavy atom. The second-order valence-electron chi connectivity index (χ2n) is 8.75. The maximum atomic E-state index is 11.9. The fourth-order valence-electron chi connectivity index (χ4n) is 6.35. The van der Waals surface area contributed by atoms with Gasteiger partial charge in [-0.3, -0.25) is 4.79 Å². The van der Waals surface area contributed by atoms with E-state index in [9.17, 15) is 9.90 Å². The van der Waals surface area contributed by atoms with Gasteiger partial charge in [0.15, 0.2) is 5.78 Å². The Hall–Kier alpha value is -0.890. The van der Waals surface area contributed by atoms with Gasteiger partial charge in [0.25, 0.3) is 0 Å². The lowest BCUT2D eigenvalue weighted by molar-refractivity contribution is -0.116. The lowest BCUT2D eigenvalue weighted by Crippen LogP contribution is -2.50. The molecule has 0 aromatic carbocycles. The minimum absolute atomic E-state index is 0.109. The van der Waals surface area contributed by atoms with Crippen LogP contribution < -0.4 is 0 Å². The first-order valence-corrected chi connectivity index (χ1v) is 8.97. The van der Waals surface area contributed by atoms with E-state index in [2.05, 4.69) is 26.8 Å². The van der Waals surface area contributed by atoms with Crippen LogP contribution in [0.25, 0.3) is 0 Å². The number of hydrogen-bond donors (Lipinski definition) is 1. The van der Waals surface area contributed by atoms with E-state index < -0.39 is 0 Å². The van der Waals surface area contributed by atoms with Crippen LogP contribution in [0.5, 0.6) is 0 Å². The van der Waals surface area contributed by atoms with Crippen LogP contribution in [0.15, 0.2) is 23.3 Å². The summed E-state index contributed by atoms with van der Waals surface area (Å²) in [5.41, 5.74) is 3.02. The maximum Gasteiger partial charge on any atom is 0.156 e. The van der Waals surface area contributed by atoms with Crippen molar-refractivity contribution < 1.29 is 9.90 Å². The zero-order valence-corrected chi connectivity index (χ0v) is 14.1. The van der Waals surface area contributed by atoms with Gasteiger partial charge in [0.2, 0.25) is 0 Å². The molecule has 0 aromatic heterocycles. The molecule has 22 heavy (non-hydrogen) atoms. The molecular weight excluding hydrogens is 272 g/mol. The number of fused-ring (bicyclic) bond motifs is 5. The van der Waals surface area contributed by atoms with Gasteiger partial charge in [0.05, 0.1) is 6.10 Å². The standard InChI is InChI=1S/C20H28O2/c1-12-10-13-11-14(21)6-8-19(13,2)16-7-9-20(3)15(18(12)16)4-5-17(20)22/h10-11,15-18,22H,4-9H2,1-3H3/t15-,16+,17?,18-,19-,20-/m0/s1. The molecule has 0 aromatic rings. The predicted octanol–water partition coefficient (Wildman–Crippen LogP) is 4.05. The van der Waals surface area contributed by atoms with Gasteiger partial charge in [0, 0.05) is 6.42 Å². The number of allylic oxidation sites excluding steroid dienone is 4. The highest BCUT2D eigenvalue weighted by molar-refractivity contribution is 5.92. The SMILES string of the molecule is CC1=CC2=CC(=O)CC[C@]2(C)[C@@H]2CC[C@]3(C)C(O)CC[C@H]3[C@H]12. The number of carbonyl (C=O) groups is 1. The highest BCUT2D eigenvalue weighted by atomic mass is 16.3. The van der Waals surface area contributed by atoms with Crippen LogP contribution in [0, 0.1) is 28.6 Å². The lowest BCUT2D eigenvalue weighted by atomic mass is 9.48. The summed E-state index contributed by atoms with van der Waals surface area (Å²) in [6.07, 6.45) is 10.3. The topological polar surface area (TPSA) is 37.3 Å². The van der Waals surface area contributed by atoms with Crippen LogP contribution in [0.4, 0.5) is 0 Å². The van der Waals surface area contributed by atoms with Crippen molar-refractivity contribution in [2.24, 2.45) is 28.6 Å². The Balaban J connectivity index is 1.80. The van der Waals surface area contributed by atoms with Crippen molar-refractivity contribution in [2.45, 2.75) is 65.4 Å². The van der Waals surface area contributed by atoms with E-state index in [-0.39, 0.29) is 16.9 Å². The predicted molar refractivity (Wildman–Crippen MR) is 87.2 cm³/mol. The summed E-state index contributed by atoms with van der Waals surface area (Å²) in [6, 6.07) is 0. The van der Waals surface area contributed by atoms with Crippen molar-refractivity contribution in [3.8, 4) is 0 Å². The Bertz CT molecular complexity index is 587. The van der Waals surface area contributed by atoms with Crippen LogP contribution in [0.1, 0.15) is 59.3 Å². The first-order chi connectivity index (χ1) is 10.4. The van der Waals surface area contributed by atoms with Crippen LogP contribution in [0.3, 0.4) is 0 Å². The van der Waals surface area contributed by atoms with Crippen molar-refractivity contribution in [3.05, 3.63) is 23.3 Å². The van der Waals surface area contributed by atoms with Gasteiger partial charge >= 0.3 is 0 Å². The first-order valence-electron chi connectivity index (χ1n) is 8.97. The van der Waals surface area contributed by atoms with Crippen LogP contribution in [-0.2, 0) is 4.79 Å². The van der Waals surface area contributed by atoms with E-state index in [0.717, 1.165) is 25.7 Å². The number of ketones is 1. The molecule has 0 saturated heterocycles. The molecule has 0 heterocycles. The summed E-state index contributed by atoms with van der Waals surface area (Å²) in [5.74, 6) is 2.17. The molecular formula is C20H28O2. The summed E-state index contributed by atoms with van der Waals surface area (Å²) in [4.78, 5) is 11.9. The summed E-state index contributed by atoms with van der Waals surface area (Å²) in [7, 11) is 0. The molecule has 1 N–H and O–H groups in total. The average Bonchev–Trinajstić information content (AvgIpc) is 2.77. The van der Waals surface area contributed by atoms with Crippen molar-refractivity contribution in [2.75, 3.05) is 0 Å². The molecule has 120 valence electrons. The quantitative estimate of drug-likeness (QED) is 0.733. The molecule has 0 spiro atoms. The normalized spacial score (nSPS) is 50.6. The molecule has 2 heteroatoms. The molecule has 2 nitrogen and oxygen atoms in total. The second kappa shape index (κ2) is 4.56. The lowest BCUT2D eigenvalue weighted by Gasteiger charge is -2.57. The molecule has 6 atom stereocenters. The van der Waals surface area contributed by atoms with Crippen molar-refractivity contribution >= 4 is 5.78 Å². The van der Waals surface area contributed by atoms with Gasteiger partial charge in [-0.05, 0) is 79.3 Å². The number of aliphatic hydroxyl groups is 1. The number of carbonyl (C=O) groups excluding carboxylic acids is 1. The number of hydrogen-bond acceptors (Lipinski definition) is 2. The fraction of sp³-hybridized carbons (Fsp3) is 0.750. The highest BCUT2D eigenvalue weighted by Gasteiger charge is 2.58. The van der Waals surface area contributed by atoms with Crippen LogP contribution in [0.2, 0.25) is 0 Å². The molecule has 0 amide bonds. The third-order valence-corrected chi connectivity index (χ3v) is 7.81. The fourth-order valence-corrected chi connectivity index (χ4v) is 6.35. The van der Waals surface area contributed by atoms with E-state index in [1.807, 2.05) is 6.08 Å². The molecule has 1 unspecified atom stereocenters. The Labute approximate surface area is 133 Å². The molecule has 0 radical (unpaired) electrons. The van der Waals surface area contributed by atoms with Crippen molar-refractivity contribution in [1.29, 1.82) is 0 Å². The molecule has 4 aliphatic carbocycles. The van der Waals surface area contributed by atoms with E-state index in [1.54, 1.807) is 0 Å². The van der Waals surface area contributed by atoms with Crippen molar-refractivity contribution in [1.82, 2.24) is 0 Å². The van der Waals surface area contributed by atoms with E-state index in [1.165, 1.54) is 17.6 Å². The monoisotopic (exact) mass is 300 g/mol. The van der Waals surface area contributed by atoms with E-state index in [0.29, 0.717) is 30.0 Å². The van der Waals surface area contributed by atoms with Gasteiger partial charge in [-0.15, -0.1) is 0 Å². The first kappa shape index (κ1) is 14.7. The maximum absolute atomic E-state index is 11.9. The summed E-state index contributed by atoms with van der Waals surface area (Å²) in [6.45, 7) is 6.96. The van der Waals surface area contributed by atoms with Gasteiger partial charge in [0.1, 0.15) is 0 Å². The third-order valence-electron chi connectivity index (χ3n) is 7.81. The number of rotatable bonds is 0. The molecule has 2 fully saturated rings. The summed E-state index contributed by atoms with van der Waals surface area (Å²) in [5, 5.41) is 10.5. The van der Waals surface area contributed by atoms with E-state index >= 15 is 0 Å². The average molecular weight is 300 g/mol. The zero-order valence-electron chi connectivity index (χ0n) is 14.1. The highest BCUT2D eigenvalue weighted by Crippen LogP contribution is 2.64. The minimum atomic E-state index is -0.121. The van der Waals surface area contributed by atoms with Gasteiger partial charge < -0.3 is 5.11 Å².